The van der Waals surface area contributed by atoms with Crippen LogP contribution in [0, 0.1) is 0 Å². The molecule has 0 atom stereocenters. The molecule has 3 rings (SSSR count). The maximum Gasteiger partial charge on any atom is 0.326 e. The van der Waals surface area contributed by atoms with Gasteiger partial charge in [0, 0.05) is 11.3 Å². The van der Waals surface area contributed by atoms with Crippen molar-refractivity contribution in [1.29, 1.82) is 0 Å². The predicted octanol–water partition coefficient (Wildman–Crippen LogP) is 2.19. The fourth-order valence-corrected chi connectivity index (χ4v) is 2.83. The molecule has 0 spiro atoms. The number of ketones is 1. The number of amides is 2. The fraction of sp³-hybridized carbons (Fsp3) is 0.238. The lowest BCUT2D eigenvalue weighted by Crippen LogP contribution is -2.37. The van der Waals surface area contributed by atoms with Crippen LogP contribution in [0.3, 0.4) is 0 Å². The number of para-hydroxylation sites is 2. The third-order valence-electron chi connectivity index (χ3n) is 4.23. The summed E-state index contributed by atoms with van der Waals surface area (Å²) in [4.78, 5) is 49.2. The molecule has 0 fully saturated rings. The van der Waals surface area contributed by atoms with Crippen molar-refractivity contribution >= 4 is 34.9 Å². The van der Waals surface area contributed by atoms with Gasteiger partial charge in [0.1, 0.15) is 12.3 Å². The summed E-state index contributed by atoms with van der Waals surface area (Å²) in [7, 11) is 0. The van der Waals surface area contributed by atoms with E-state index in [-0.39, 0.29) is 31.3 Å². The second-order valence-corrected chi connectivity index (χ2v) is 6.39. The van der Waals surface area contributed by atoms with E-state index in [4.69, 9.17) is 9.47 Å². The van der Waals surface area contributed by atoms with Crippen molar-refractivity contribution in [1.82, 2.24) is 0 Å². The van der Waals surface area contributed by atoms with Gasteiger partial charge in [0.2, 0.25) is 5.91 Å². The monoisotopic (exact) mass is 396 g/mol. The van der Waals surface area contributed by atoms with Crippen LogP contribution in [-0.4, -0.2) is 43.3 Å². The largest absolute Gasteiger partial charge is 0.491 e. The third kappa shape index (κ3) is 5.19. The summed E-state index contributed by atoms with van der Waals surface area (Å²) < 4.78 is 10.5. The lowest BCUT2D eigenvalue weighted by Gasteiger charge is -2.20. The highest BCUT2D eigenvalue weighted by Crippen LogP contribution is 2.30. The highest BCUT2D eigenvalue weighted by atomic mass is 16.5. The number of ether oxygens (including phenoxy) is 2. The van der Waals surface area contributed by atoms with Gasteiger partial charge in [-0.1, -0.05) is 24.3 Å². The average Bonchev–Trinajstić information content (AvgIpc) is 2.86. The van der Waals surface area contributed by atoms with Crippen LogP contribution in [-0.2, 0) is 19.1 Å². The predicted molar refractivity (Wildman–Crippen MR) is 105 cm³/mol. The van der Waals surface area contributed by atoms with E-state index in [0.717, 1.165) is 0 Å². The van der Waals surface area contributed by atoms with Crippen molar-refractivity contribution in [2.24, 2.45) is 0 Å². The molecule has 0 saturated carbocycles. The van der Waals surface area contributed by atoms with E-state index in [1.165, 1.54) is 17.9 Å². The van der Waals surface area contributed by atoms with Crippen molar-refractivity contribution in [3.63, 3.8) is 0 Å². The summed E-state index contributed by atoms with van der Waals surface area (Å²) in [5.41, 5.74) is 1.37. The van der Waals surface area contributed by atoms with Gasteiger partial charge in [-0.3, -0.25) is 24.1 Å². The van der Waals surface area contributed by atoms with Crippen LogP contribution in [0.1, 0.15) is 23.7 Å². The smallest absolute Gasteiger partial charge is 0.326 e. The van der Waals surface area contributed by atoms with Gasteiger partial charge >= 0.3 is 5.97 Å². The summed E-state index contributed by atoms with van der Waals surface area (Å²) in [6.45, 7) is 0.814. The van der Waals surface area contributed by atoms with Gasteiger partial charge in [0.25, 0.3) is 5.91 Å². The van der Waals surface area contributed by atoms with Gasteiger partial charge < -0.3 is 14.8 Å². The van der Waals surface area contributed by atoms with Crippen molar-refractivity contribution in [3.05, 3.63) is 54.1 Å². The van der Waals surface area contributed by atoms with E-state index in [2.05, 4.69) is 5.32 Å². The molecule has 0 aliphatic carbocycles. The Kier molecular flexibility index (Phi) is 6.23. The highest BCUT2D eigenvalue weighted by molar-refractivity contribution is 6.00. The molecule has 1 aliphatic heterocycles. The SMILES string of the molecule is CC(=O)c1cccc(NC(=O)COC(=O)CN2C(=O)CCOc3ccccc32)c1. The number of carbonyl (C=O) groups is 4. The van der Waals surface area contributed by atoms with E-state index >= 15 is 0 Å². The highest BCUT2D eigenvalue weighted by Gasteiger charge is 2.25. The molecule has 150 valence electrons. The second-order valence-electron chi connectivity index (χ2n) is 6.39. The summed E-state index contributed by atoms with van der Waals surface area (Å²) in [5, 5.41) is 2.56. The number of nitrogens with one attached hydrogen (secondary N) is 1. The Morgan fingerprint density at radius 2 is 1.93 bits per heavy atom. The minimum atomic E-state index is -0.720. The molecule has 2 aromatic rings. The Hall–Kier alpha value is -3.68. The molecular weight excluding hydrogens is 376 g/mol. The number of fused-ring (bicyclic) bond motifs is 1. The minimum absolute atomic E-state index is 0.126. The van der Waals surface area contributed by atoms with E-state index in [0.29, 0.717) is 22.7 Å². The van der Waals surface area contributed by atoms with Crippen LogP contribution in [0.5, 0.6) is 5.75 Å². The van der Waals surface area contributed by atoms with Crippen LogP contribution in [0.25, 0.3) is 0 Å². The van der Waals surface area contributed by atoms with Gasteiger partial charge in [-0.25, -0.2) is 0 Å². The molecule has 1 aliphatic rings. The number of hydrogen-bond donors (Lipinski definition) is 1. The maximum absolute atomic E-state index is 12.3. The number of nitrogens with zero attached hydrogens (tertiary/aromatic N) is 1. The zero-order valence-corrected chi connectivity index (χ0v) is 15.8. The molecule has 2 amide bonds. The molecule has 0 radical (unpaired) electrons. The maximum atomic E-state index is 12.3. The van der Waals surface area contributed by atoms with E-state index in [9.17, 15) is 19.2 Å². The minimum Gasteiger partial charge on any atom is -0.491 e. The summed E-state index contributed by atoms with van der Waals surface area (Å²) in [6, 6.07) is 13.3. The van der Waals surface area contributed by atoms with Crippen molar-refractivity contribution < 1.29 is 28.7 Å². The first-order valence-electron chi connectivity index (χ1n) is 9.02. The van der Waals surface area contributed by atoms with E-state index in [1.54, 1.807) is 42.5 Å². The van der Waals surface area contributed by atoms with E-state index in [1.807, 2.05) is 0 Å². The molecule has 0 unspecified atom stereocenters. The molecule has 29 heavy (non-hydrogen) atoms. The first kappa shape index (κ1) is 20.1. The molecule has 2 aromatic carbocycles. The number of carbonyl (C=O) groups excluding carboxylic acids is 4. The Bertz CT molecular complexity index is 956. The van der Waals surface area contributed by atoms with Crippen LogP contribution < -0.4 is 15.0 Å². The summed E-state index contributed by atoms with van der Waals surface area (Å²) >= 11 is 0. The Morgan fingerprint density at radius 1 is 1.14 bits per heavy atom. The van der Waals surface area contributed by atoms with E-state index < -0.39 is 18.5 Å². The molecule has 0 saturated heterocycles. The number of Topliss-reactive ketones (excluding diaryl/α,β-unsaturated/α-hetero) is 1. The van der Waals surface area contributed by atoms with Crippen molar-refractivity contribution in [2.45, 2.75) is 13.3 Å². The third-order valence-corrected chi connectivity index (χ3v) is 4.23. The van der Waals surface area contributed by atoms with Gasteiger partial charge in [-0.15, -0.1) is 0 Å². The standard InChI is InChI=1S/C21H20N2O6/c1-14(24)15-5-4-6-16(11-15)22-19(25)13-29-21(27)12-23-17-7-2-3-8-18(17)28-10-9-20(23)26/h2-8,11H,9-10,12-13H2,1H3,(H,22,25). The van der Waals surface area contributed by atoms with Crippen LogP contribution in [0.4, 0.5) is 11.4 Å². The van der Waals surface area contributed by atoms with Crippen LogP contribution >= 0.6 is 0 Å². The van der Waals surface area contributed by atoms with Crippen LogP contribution in [0.15, 0.2) is 48.5 Å². The Morgan fingerprint density at radius 3 is 2.72 bits per heavy atom. The van der Waals surface area contributed by atoms with Crippen LogP contribution in [0.2, 0.25) is 0 Å². The molecule has 8 heteroatoms. The topological polar surface area (TPSA) is 102 Å². The lowest BCUT2D eigenvalue weighted by molar-refractivity contribution is -0.146. The molecule has 1 N–H and O–H groups in total. The Labute approximate surface area is 167 Å². The zero-order valence-electron chi connectivity index (χ0n) is 15.8. The fourth-order valence-electron chi connectivity index (χ4n) is 2.83. The summed E-state index contributed by atoms with van der Waals surface area (Å²) in [6.07, 6.45) is 0.134. The molecule has 0 bridgehead atoms. The van der Waals surface area contributed by atoms with Gasteiger partial charge in [0.15, 0.2) is 12.4 Å². The molecule has 0 aromatic heterocycles. The molecule has 1 heterocycles. The van der Waals surface area contributed by atoms with Crippen molar-refractivity contribution in [2.75, 3.05) is 30.0 Å². The van der Waals surface area contributed by atoms with Crippen molar-refractivity contribution in [3.8, 4) is 5.75 Å². The number of esters is 1. The number of benzene rings is 2. The number of hydrogen-bond acceptors (Lipinski definition) is 6. The summed E-state index contributed by atoms with van der Waals surface area (Å²) in [5.74, 6) is -1.15. The van der Waals surface area contributed by atoms with Gasteiger partial charge in [-0.2, -0.15) is 0 Å². The average molecular weight is 396 g/mol. The zero-order chi connectivity index (χ0) is 20.8. The number of rotatable bonds is 6. The Balaban J connectivity index is 1.57. The molecule has 8 nitrogen and oxygen atoms in total. The second kappa shape index (κ2) is 9.01. The molecular formula is C21H20N2O6. The quantitative estimate of drug-likeness (QED) is 0.593. The first-order valence-corrected chi connectivity index (χ1v) is 9.02. The first-order chi connectivity index (χ1) is 13.9. The lowest BCUT2D eigenvalue weighted by atomic mass is 10.1. The normalized spacial score (nSPS) is 13.0. The van der Waals surface area contributed by atoms with Gasteiger partial charge in [-0.05, 0) is 31.2 Å². The van der Waals surface area contributed by atoms with Gasteiger partial charge in [0.05, 0.1) is 18.7 Å². The number of anilines is 2.